The Morgan fingerprint density at radius 1 is 1.27 bits per heavy atom. The van der Waals surface area contributed by atoms with E-state index in [0.717, 1.165) is 43.1 Å². The fraction of sp³-hybridized carbons (Fsp3) is 0.800. The van der Waals surface area contributed by atoms with Gasteiger partial charge in [-0.05, 0) is 59.3 Å². The van der Waals surface area contributed by atoms with Crippen molar-refractivity contribution in [2.45, 2.75) is 64.2 Å². The Hall–Kier alpha value is -0.660. The van der Waals surface area contributed by atoms with Crippen LogP contribution in [0.5, 0.6) is 0 Å². The van der Waals surface area contributed by atoms with Gasteiger partial charge >= 0.3 is 0 Å². The molecule has 1 aromatic heterocycles. The van der Waals surface area contributed by atoms with E-state index in [-0.39, 0.29) is 6.04 Å². The van der Waals surface area contributed by atoms with E-state index in [2.05, 4.69) is 15.0 Å². The molecule has 0 radical (unpaired) electrons. The highest BCUT2D eigenvalue weighted by Gasteiger charge is 2.32. The normalized spacial score (nSPS) is 23.5. The largest absolute Gasteiger partial charge is 0.361 e. The maximum Gasteiger partial charge on any atom is 0.216 e. The van der Waals surface area contributed by atoms with E-state index in [4.69, 9.17) is 0 Å². The van der Waals surface area contributed by atoms with Gasteiger partial charge in [0.25, 0.3) is 0 Å². The summed E-state index contributed by atoms with van der Waals surface area (Å²) in [6.07, 6.45) is 3.93. The Bertz CT molecular complexity index is 582. The third-order valence-corrected chi connectivity index (χ3v) is 7.31. The van der Waals surface area contributed by atoms with Crippen LogP contribution in [0.1, 0.15) is 52.1 Å². The molecule has 0 aliphatic heterocycles. The second kappa shape index (κ2) is 6.84. The fourth-order valence-electron chi connectivity index (χ4n) is 2.55. The molecule has 1 aromatic rings. The first kappa shape index (κ1) is 17.7. The summed E-state index contributed by atoms with van der Waals surface area (Å²) in [5, 5.41) is 6.41. The van der Waals surface area contributed by atoms with E-state index in [1.807, 2.05) is 12.3 Å². The number of anilines is 1. The maximum atomic E-state index is 12.2. The van der Waals surface area contributed by atoms with Crippen LogP contribution in [0.4, 0.5) is 5.13 Å². The summed E-state index contributed by atoms with van der Waals surface area (Å²) < 4.78 is 26.5. The molecule has 0 amide bonds. The van der Waals surface area contributed by atoms with Crippen LogP contribution in [0.2, 0.25) is 0 Å². The molecule has 126 valence electrons. The summed E-state index contributed by atoms with van der Waals surface area (Å²) in [6, 6.07) is 0.0857. The molecule has 7 heteroatoms. The zero-order valence-electron chi connectivity index (χ0n) is 13.8. The lowest BCUT2D eigenvalue weighted by atomic mass is 9.86. The molecule has 0 unspecified atom stereocenters. The van der Waals surface area contributed by atoms with Crippen molar-refractivity contribution >= 4 is 26.5 Å². The molecule has 0 bridgehead atoms. The third-order valence-electron chi connectivity index (χ3n) is 4.14. The Labute approximate surface area is 138 Å². The van der Waals surface area contributed by atoms with E-state index < -0.39 is 14.8 Å². The van der Waals surface area contributed by atoms with Gasteiger partial charge < -0.3 is 5.32 Å². The van der Waals surface area contributed by atoms with Crippen LogP contribution in [0, 0.1) is 12.8 Å². The number of sulfonamides is 1. The van der Waals surface area contributed by atoms with E-state index in [9.17, 15) is 8.42 Å². The average molecular weight is 346 g/mol. The second-order valence-electron chi connectivity index (χ2n) is 7.13. The minimum Gasteiger partial charge on any atom is -0.361 e. The van der Waals surface area contributed by atoms with Crippen molar-refractivity contribution in [3.8, 4) is 0 Å². The van der Waals surface area contributed by atoms with Gasteiger partial charge in [0.2, 0.25) is 10.0 Å². The molecule has 0 atom stereocenters. The quantitative estimate of drug-likeness (QED) is 0.860. The number of aryl methyl sites for hydroxylation is 1. The molecule has 1 aliphatic carbocycles. The van der Waals surface area contributed by atoms with Gasteiger partial charge in [-0.25, -0.2) is 18.1 Å². The van der Waals surface area contributed by atoms with Crippen molar-refractivity contribution in [3.63, 3.8) is 0 Å². The molecule has 1 fully saturated rings. The first-order valence-corrected chi connectivity index (χ1v) is 10.2. The predicted octanol–water partition coefficient (Wildman–Crippen LogP) is 3.14. The summed E-state index contributed by atoms with van der Waals surface area (Å²) in [5.41, 5.74) is 1.05. The Balaban J connectivity index is 1.76. The van der Waals surface area contributed by atoms with Gasteiger partial charge in [-0.2, -0.15) is 0 Å². The summed E-state index contributed by atoms with van der Waals surface area (Å²) in [7, 11) is -3.24. The zero-order chi connectivity index (χ0) is 16.4. The monoisotopic (exact) mass is 345 g/mol. The summed E-state index contributed by atoms with van der Waals surface area (Å²) in [5.74, 6) is 0.597. The molecule has 22 heavy (non-hydrogen) atoms. The first-order valence-electron chi connectivity index (χ1n) is 7.85. The van der Waals surface area contributed by atoms with Crippen LogP contribution in [-0.4, -0.2) is 30.7 Å². The van der Waals surface area contributed by atoms with Crippen molar-refractivity contribution < 1.29 is 8.42 Å². The number of aromatic nitrogens is 1. The lowest BCUT2D eigenvalue weighted by molar-refractivity contribution is 0.322. The van der Waals surface area contributed by atoms with Crippen molar-refractivity contribution in [1.82, 2.24) is 9.71 Å². The first-order chi connectivity index (χ1) is 10.2. The van der Waals surface area contributed by atoms with Gasteiger partial charge in [-0.3, -0.25) is 0 Å². The van der Waals surface area contributed by atoms with Gasteiger partial charge in [-0.15, -0.1) is 11.3 Å². The molecule has 0 aromatic carbocycles. The molecule has 1 aliphatic rings. The number of nitrogens with one attached hydrogen (secondary N) is 2. The minimum absolute atomic E-state index is 0.0857. The smallest absolute Gasteiger partial charge is 0.216 e. The van der Waals surface area contributed by atoms with Crippen molar-refractivity contribution in [2.75, 3.05) is 11.9 Å². The lowest BCUT2D eigenvalue weighted by Gasteiger charge is -2.31. The van der Waals surface area contributed by atoms with Gasteiger partial charge in [0.15, 0.2) is 5.13 Å². The SMILES string of the molecule is Cc1csc(NC[C@H]2CC[C@H](NS(=O)(=O)C(C)(C)C)CC2)n1. The zero-order valence-corrected chi connectivity index (χ0v) is 15.5. The van der Waals surface area contributed by atoms with E-state index in [1.165, 1.54) is 0 Å². The van der Waals surface area contributed by atoms with Crippen LogP contribution >= 0.6 is 11.3 Å². The van der Waals surface area contributed by atoms with Gasteiger partial charge in [0.05, 0.1) is 10.4 Å². The Morgan fingerprint density at radius 3 is 2.41 bits per heavy atom. The van der Waals surface area contributed by atoms with E-state index in [1.54, 1.807) is 32.1 Å². The number of rotatable bonds is 5. The number of thiazole rings is 1. The van der Waals surface area contributed by atoms with Gasteiger partial charge in [0, 0.05) is 18.0 Å². The molecule has 2 rings (SSSR count). The standard InChI is InChI=1S/C15H27N3O2S2/c1-11-10-21-14(17-11)16-9-12-5-7-13(8-6-12)18-22(19,20)15(2,3)4/h10,12-13,18H,5-9H2,1-4H3,(H,16,17)/t12-,13-. The molecule has 1 saturated carbocycles. The molecule has 1 heterocycles. The highest BCUT2D eigenvalue weighted by atomic mass is 32.2. The van der Waals surface area contributed by atoms with E-state index >= 15 is 0 Å². The Kier molecular flexibility index (Phi) is 5.50. The minimum atomic E-state index is -3.24. The highest BCUT2D eigenvalue weighted by Crippen LogP contribution is 2.27. The molecule has 5 nitrogen and oxygen atoms in total. The van der Waals surface area contributed by atoms with Crippen molar-refractivity contribution in [1.29, 1.82) is 0 Å². The highest BCUT2D eigenvalue weighted by molar-refractivity contribution is 7.90. The summed E-state index contributed by atoms with van der Waals surface area (Å²) in [6.45, 7) is 8.13. The van der Waals surface area contributed by atoms with E-state index in [0.29, 0.717) is 5.92 Å². The molecular formula is C15H27N3O2S2. The number of hydrogen-bond donors (Lipinski definition) is 2. The lowest BCUT2D eigenvalue weighted by Crippen LogP contribution is -2.46. The van der Waals surface area contributed by atoms with Crippen LogP contribution < -0.4 is 10.0 Å². The Morgan fingerprint density at radius 2 is 1.91 bits per heavy atom. The maximum absolute atomic E-state index is 12.2. The van der Waals surface area contributed by atoms with Crippen LogP contribution in [-0.2, 0) is 10.0 Å². The van der Waals surface area contributed by atoms with Crippen molar-refractivity contribution in [2.24, 2.45) is 5.92 Å². The molecule has 0 saturated heterocycles. The second-order valence-corrected chi connectivity index (χ2v) is 10.5. The van der Waals surface area contributed by atoms with Crippen LogP contribution in [0.3, 0.4) is 0 Å². The number of hydrogen-bond acceptors (Lipinski definition) is 5. The number of nitrogens with zero attached hydrogens (tertiary/aromatic N) is 1. The summed E-state index contributed by atoms with van der Waals surface area (Å²) in [4.78, 5) is 4.40. The van der Waals surface area contributed by atoms with Gasteiger partial charge in [-0.1, -0.05) is 0 Å². The van der Waals surface area contributed by atoms with Gasteiger partial charge in [0.1, 0.15) is 0 Å². The fourth-order valence-corrected chi connectivity index (χ4v) is 4.27. The topological polar surface area (TPSA) is 71.1 Å². The summed E-state index contributed by atoms with van der Waals surface area (Å²) >= 11 is 1.64. The third kappa shape index (κ3) is 4.67. The average Bonchev–Trinajstić information content (AvgIpc) is 2.82. The van der Waals surface area contributed by atoms with Crippen molar-refractivity contribution in [3.05, 3.63) is 11.1 Å². The van der Waals surface area contributed by atoms with Crippen LogP contribution in [0.15, 0.2) is 5.38 Å². The molecule has 2 N–H and O–H groups in total. The molecule has 0 spiro atoms. The predicted molar refractivity (Wildman–Crippen MR) is 92.9 cm³/mol. The molecular weight excluding hydrogens is 318 g/mol. The van der Waals surface area contributed by atoms with Crippen LogP contribution in [0.25, 0.3) is 0 Å².